The van der Waals surface area contributed by atoms with Gasteiger partial charge in [-0.2, -0.15) is 0 Å². The van der Waals surface area contributed by atoms with Crippen LogP contribution in [0.2, 0.25) is 5.02 Å². The SMILES string of the molecule is Cc1ccc(NS(=O)(=O)c2ccc(Cl)c(C(=O)Nc3ccc4c(c3)OCCCO4)c2)cc1C. The van der Waals surface area contributed by atoms with Crippen LogP contribution in [0.4, 0.5) is 11.4 Å². The summed E-state index contributed by atoms with van der Waals surface area (Å²) in [5.41, 5.74) is 2.96. The minimum absolute atomic E-state index is 0.0340. The zero-order chi connectivity index (χ0) is 23.6. The van der Waals surface area contributed by atoms with Crippen molar-refractivity contribution < 1.29 is 22.7 Å². The van der Waals surface area contributed by atoms with Gasteiger partial charge in [0, 0.05) is 23.9 Å². The summed E-state index contributed by atoms with van der Waals surface area (Å²) in [6.45, 7) is 4.92. The van der Waals surface area contributed by atoms with Crippen molar-refractivity contribution in [2.24, 2.45) is 0 Å². The number of amides is 1. The van der Waals surface area contributed by atoms with E-state index in [1.807, 2.05) is 19.9 Å². The molecule has 0 saturated carbocycles. The number of nitrogens with one attached hydrogen (secondary N) is 2. The summed E-state index contributed by atoms with van der Waals surface area (Å²) in [6, 6.07) is 14.3. The lowest BCUT2D eigenvalue weighted by atomic mass is 10.1. The molecule has 4 rings (SSSR count). The molecule has 0 radical (unpaired) electrons. The average Bonchev–Trinajstić information content (AvgIpc) is 3.01. The van der Waals surface area contributed by atoms with Crippen molar-refractivity contribution in [2.45, 2.75) is 25.2 Å². The number of fused-ring (bicyclic) bond motifs is 1. The first kappa shape index (κ1) is 22.9. The lowest BCUT2D eigenvalue weighted by Crippen LogP contribution is -2.16. The van der Waals surface area contributed by atoms with Crippen LogP contribution in [0.1, 0.15) is 27.9 Å². The molecular formula is C24H23ClN2O5S. The molecule has 0 spiro atoms. The molecule has 3 aromatic rings. The summed E-state index contributed by atoms with van der Waals surface area (Å²) < 4.78 is 39.6. The van der Waals surface area contributed by atoms with Crippen LogP contribution in [0, 0.1) is 13.8 Å². The fraction of sp³-hybridized carbons (Fsp3) is 0.208. The van der Waals surface area contributed by atoms with E-state index < -0.39 is 15.9 Å². The molecule has 2 N–H and O–H groups in total. The number of anilines is 2. The highest BCUT2D eigenvalue weighted by Gasteiger charge is 2.20. The van der Waals surface area contributed by atoms with Gasteiger partial charge in [-0.1, -0.05) is 17.7 Å². The van der Waals surface area contributed by atoms with E-state index in [-0.39, 0.29) is 15.5 Å². The Hall–Kier alpha value is -3.23. The van der Waals surface area contributed by atoms with Crippen molar-refractivity contribution >= 4 is 38.9 Å². The largest absolute Gasteiger partial charge is 0.490 e. The maximum Gasteiger partial charge on any atom is 0.261 e. The smallest absolute Gasteiger partial charge is 0.261 e. The Labute approximate surface area is 197 Å². The van der Waals surface area contributed by atoms with Crippen molar-refractivity contribution in [3.05, 3.63) is 76.3 Å². The maximum atomic E-state index is 12.9. The Morgan fingerprint density at radius 3 is 2.36 bits per heavy atom. The number of halogens is 1. The number of carbonyl (C=O) groups excluding carboxylic acids is 1. The van der Waals surface area contributed by atoms with E-state index in [9.17, 15) is 13.2 Å². The molecule has 1 amide bonds. The van der Waals surface area contributed by atoms with Crippen LogP contribution in [-0.4, -0.2) is 27.5 Å². The fourth-order valence-electron chi connectivity index (χ4n) is 3.30. The molecule has 0 fully saturated rings. The Kier molecular flexibility index (Phi) is 6.49. The summed E-state index contributed by atoms with van der Waals surface area (Å²) >= 11 is 6.22. The van der Waals surface area contributed by atoms with Crippen LogP contribution in [0.5, 0.6) is 11.5 Å². The van der Waals surface area contributed by atoms with E-state index in [0.29, 0.717) is 36.1 Å². The highest BCUT2D eigenvalue weighted by molar-refractivity contribution is 7.92. The first-order chi connectivity index (χ1) is 15.7. The summed E-state index contributed by atoms with van der Waals surface area (Å²) in [7, 11) is -3.93. The van der Waals surface area contributed by atoms with E-state index in [2.05, 4.69) is 10.0 Å². The molecule has 0 bridgehead atoms. The van der Waals surface area contributed by atoms with Gasteiger partial charge in [-0.25, -0.2) is 8.42 Å². The molecular weight excluding hydrogens is 464 g/mol. The Bertz CT molecular complexity index is 1320. The monoisotopic (exact) mass is 486 g/mol. The number of hydrogen-bond donors (Lipinski definition) is 2. The highest BCUT2D eigenvalue weighted by atomic mass is 35.5. The van der Waals surface area contributed by atoms with E-state index in [1.54, 1.807) is 30.3 Å². The van der Waals surface area contributed by atoms with Gasteiger partial charge in [0.15, 0.2) is 11.5 Å². The molecule has 9 heteroatoms. The zero-order valence-corrected chi connectivity index (χ0v) is 19.7. The number of aryl methyl sites for hydroxylation is 2. The van der Waals surface area contributed by atoms with E-state index >= 15 is 0 Å². The van der Waals surface area contributed by atoms with Gasteiger partial charge < -0.3 is 14.8 Å². The van der Waals surface area contributed by atoms with Gasteiger partial charge >= 0.3 is 0 Å². The summed E-state index contributed by atoms with van der Waals surface area (Å²) in [6.07, 6.45) is 0.767. The predicted octanol–water partition coefficient (Wildman–Crippen LogP) is 5.17. The van der Waals surface area contributed by atoms with Crippen molar-refractivity contribution in [3.8, 4) is 11.5 Å². The third kappa shape index (κ3) is 5.23. The molecule has 0 aliphatic carbocycles. The minimum Gasteiger partial charge on any atom is -0.490 e. The van der Waals surface area contributed by atoms with Crippen LogP contribution < -0.4 is 19.5 Å². The molecule has 7 nitrogen and oxygen atoms in total. The first-order valence-corrected chi connectivity index (χ1v) is 12.2. The summed E-state index contributed by atoms with van der Waals surface area (Å²) in [5.74, 6) is 0.595. The first-order valence-electron chi connectivity index (χ1n) is 10.3. The lowest BCUT2D eigenvalue weighted by Gasteiger charge is -2.13. The number of benzene rings is 3. The third-order valence-electron chi connectivity index (χ3n) is 5.26. The lowest BCUT2D eigenvalue weighted by molar-refractivity contribution is 0.102. The van der Waals surface area contributed by atoms with Crippen LogP contribution in [0.3, 0.4) is 0 Å². The second-order valence-corrected chi connectivity index (χ2v) is 9.80. The highest BCUT2D eigenvalue weighted by Crippen LogP contribution is 2.33. The van der Waals surface area contributed by atoms with E-state index in [4.69, 9.17) is 21.1 Å². The average molecular weight is 487 g/mol. The molecule has 1 heterocycles. The van der Waals surface area contributed by atoms with Gasteiger partial charge in [0.25, 0.3) is 15.9 Å². The second-order valence-electron chi connectivity index (χ2n) is 7.71. The number of hydrogen-bond acceptors (Lipinski definition) is 5. The van der Waals surface area contributed by atoms with Gasteiger partial charge in [0.05, 0.1) is 28.7 Å². The van der Waals surface area contributed by atoms with Gasteiger partial charge in [-0.05, 0) is 67.4 Å². The van der Waals surface area contributed by atoms with E-state index in [1.165, 1.54) is 18.2 Å². The van der Waals surface area contributed by atoms with Crippen LogP contribution in [0.15, 0.2) is 59.5 Å². The number of carbonyl (C=O) groups is 1. The van der Waals surface area contributed by atoms with E-state index in [0.717, 1.165) is 17.5 Å². The molecule has 3 aromatic carbocycles. The molecule has 0 unspecified atom stereocenters. The maximum absolute atomic E-state index is 12.9. The van der Waals surface area contributed by atoms with Gasteiger partial charge in [-0.15, -0.1) is 0 Å². The minimum atomic E-state index is -3.93. The van der Waals surface area contributed by atoms with Crippen molar-refractivity contribution in [3.63, 3.8) is 0 Å². The normalized spacial score (nSPS) is 13.2. The predicted molar refractivity (Wildman–Crippen MR) is 128 cm³/mol. The Balaban J connectivity index is 1.57. The molecule has 1 aliphatic heterocycles. The van der Waals surface area contributed by atoms with Crippen LogP contribution in [0.25, 0.3) is 0 Å². The summed E-state index contributed by atoms with van der Waals surface area (Å²) in [4.78, 5) is 12.8. The number of ether oxygens (including phenoxy) is 2. The zero-order valence-electron chi connectivity index (χ0n) is 18.1. The second kappa shape index (κ2) is 9.33. The number of sulfonamides is 1. The quantitative estimate of drug-likeness (QED) is 0.518. The molecule has 0 aromatic heterocycles. The molecule has 172 valence electrons. The Morgan fingerprint density at radius 1 is 0.879 bits per heavy atom. The topological polar surface area (TPSA) is 93.7 Å². The van der Waals surface area contributed by atoms with Crippen LogP contribution in [-0.2, 0) is 10.0 Å². The molecule has 0 atom stereocenters. The molecule has 33 heavy (non-hydrogen) atoms. The number of rotatable bonds is 5. The van der Waals surface area contributed by atoms with Gasteiger partial charge in [0.1, 0.15) is 0 Å². The van der Waals surface area contributed by atoms with Crippen molar-refractivity contribution in [1.29, 1.82) is 0 Å². The van der Waals surface area contributed by atoms with Gasteiger partial charge in [0.2, 0.25) is 0 Å². The van der Waals surface area contributed by atoms with Gasteiger partial charge in [-0.3, -0.25) is 9.52 Å². The van der Waals surface area contributed by atoms with Crippen molar-refractivity contribution in [1.82, 2.24) is 0 Å². The Morgan fingerprint density at radius 2 is 1.61 bits per heavy atom. The standard InChI is InChI=1S/C24H23ClN2O5S/c1-15-4-5-18(12-16(15)2)27-33(29,30)19-7-8-21(25)20(14-19)24(28)26-17-6-9-22-23(13-17)32-11-3-10-31-22/h4-9,12-14,27H,3,10-11H2,1-2H3,(H,26,28). The molecule has 0 saturated heterocycles. The fourth-order valence-corrected chi connectivity index (χ4v) is 4.58. The van der Waals surface area contributed by atoms with Crippen molar-refractivity contribution in [2.75, 3.05) is 23.3 Å². The molecule has 1 aliphatic rings. The van der Waals surface area contributed by atoms with Crippen LogP contribution >= 0.6 is 11.6 Å². The summed E-state index contributed by atoms with van der Waals surface area (Å²) in [5, 5.41) is 2.87. The third-order valence-corrected chi connectivity index (χ3v) is 6.97.